The van der Waals surface area contributed by atoms with Crippen LogP contribution in [0.25, 0.3) is 11.0 Å². The summed E-state index contributed by atoms with van der Waals surface area (Å²) in [5.41, 5.74) is 4.20. The van der Waals surface area contributed by atoms with Gasteiger partial charge in [-0.05, 0) is 54.9 Å². The van der Waals surface area contributed by atoms with Crippen molar-refractivity contribution in [3.05, 3.63) is 46.8 Å². The molecule has 0 radical (unpaired) electrons. The molecule has 0 bridgehead atoms. The van der Waals surface area contributed by atoms with Crippen molar-refractivity contribution in [1.82, 2.24) is 15.5 Å². The molecule has 1 saturated carbocycles. The van der Waals surface area contributed by atoms with E-state index in [0.29, 0.717) is 17.7 Å². The fraction of sp³-hybridized carbons (Fsp3) is 0.522. The van der Waals surface area contributed by atoms with Crippen LogP contribution in [-0.2, 0) is 11.2 Å². The maximum Gasteiger partial charge on any atom is 0.249 e. The number of benzene rings is 1. The van der Waals surface area contributed by atoms with Gasteiger partial charge in [-0.1, -0.05) is 32.9 Å². The van der Waals surface area contributed by atoms with E-state index in [-0.39, 0.29) is 24.3 Å². The van der Waals surface area contributed by atoms with Gasteiger partial charge in [0.25, 0.3) is 0 Å². The van der Waals surface area contributed by atoms with Gasteiger partial charge in [0.1, 0.15) is 11.6 Å². The van der Waals surface area contributed by atoms with Crippen LogP contribution in [0.1, 0.15) is 86.8 Å². The molecule has 0 aliphatic heterocycles. The molecular formula is C23H29N3O3. The lowest BCUT2D eigenvalue weighted by Crippen LogP contribution is -2.33. The van der Waals surface area contributed by atoms with Crippen LogP contribution in [0.3, 0.4) is 0 Å². The monoisotopic (exact) mass is 395 g/mol. The first-order valence-corrected chi connectivity index (χ1v) is 10.5. The van der Waals surface area contributed by atoms with Gasteiger partial charge in [0.15, 0.2) is 5.82 Å². The van der Waals surface area contributed by atoms with Gasteiger partial charge in [0.2, 0.25) is 11.8 Å². The maximum atomic E-state index is 12.8. The summed E-state index contributed by atoms with van der Waals surface area (Å²) in [6.45, 7) is 10.5. The molecule has 1 unspecified atom stereocenters. The van der Waals surface area contributed by atoms with E-state index in [1.165, 1.54) is 11.1 Å². The summed E-state index contributed by atoms with van der Waals surface area (Å²) in [4.78, 5) is 17.4. The van der Waals surface area contributed by atoms with Crippen molar-refractivity contribution in [2.45, 2.75) is 71.8 Å². The minimum Gasteiger partial charge on any atom is -0.464 e. The average Bonchev–Trinajstić information content (AvgIpc) is 3.27. The van der Waals surface area contributed by atoms with Gasteiger partial charge in [-0.15, -0.1) is 0 Å². The summed E-state index contributed by atoms with van der Waals surface area (Å²) in [6, 6.07) is 3.91. The third-order valence-corrected chi connectivity index (χ3v) is 5.66. The lowest BCUT2D eigenvalue weighted by atomic mass is 9.95. The molecule has 2 aromatic heterocycles. The number of nitrogens with one attached hydrogen (secondary N) is 1. The van der Waals surface area contributed by atoms with Crippen molar-refractivity contribution in [2.75, 3.05) is 0 Å². The molecule has 1 aliphatic rings. The Labute approximate surface area is 171 Å². The number of aromatic nitrogens is 2. The Hall–Kier alpha value is -2.63. The van der Waals surface area contributed by atoms with Crippen molar-refractivity contribution >= 4 is 16.9 Å². The Bertz CT molecular complexity index is 1030. The van der Waals surface area contributed by atoms with Crippen molar-refractivity contribution in [3.63, 3.8) is 0 Å². The molecule has 4 rings (SSSR count). The Balaban J connectivity index is 1.52. The summed E-state index contributed by atoms with van der Waals surface area (Å²) < 4.78 is 11.2. The van der Waals surface area contributed by atoms with Crippen molar-refractivity contribution in [3.8, 4) is 0 Å². The van der Waals surface area contributed by atoms with Crippen LogP contribution >= 0.6 is 0 Å². The van der Waals surface area contributed by atoms with Crippen LogP contribution < -0.4 is 5.32 Å². The number of hydrogen-bond acceptors (Lipinski definition) is 5. The molecule has 0 spiro atoms. The minimum atomic E-state index is -0.297. The molecule has 1 aliphatic carbocycles. The van der Waals surface area contributed by atoms with Gasteiger partial charge in [0.05, 0.1) is 12.7 Å². The smallest absolute Gasteiger partial charge is 0.249 e. The first-order chi connectivity index (χ1) is 13.8. The van der Waals surface area contributed by atoms with Crippen LogP contribution in [0.5, 0.6) is 0 Å². The second-order valence-corrected chi connectivity index (χ2v) is 8.85. The lowest BCUT2D eigenvalue weighted by molar-refractivity contribution is -0.121. The standard InChI is InChI=1S/C23H29N3O3/c1-12(2)17-10-18-16(11-28-19(18)8-14(17)5)9-20(27)24-21(13(3)4)23-25-22(26-29-23)15-6-7-15/h8,10-13,15,21H,6-7,9H2,1-5H3,(H,24,27). The number of carbonyl (C=O) groups excluding carboxylic acids is 1. The molecule has 29 heavy (non-hydrogen) atoms. The highest BCUT2D eigenvalue weighted by Crippen LogP contribution is 2.38. The molecule has 1 aromatic carbocycles. The molecule has 3 aromatic rings. The van der Waals surface area contributed by atoms with Crippen molar-refractivity contribution < 1.29 is 13.7 Å². The third-order valence-electron chi connectivity index (χ3n) is 5.66. The van der Waals surface area contributed by atoms with Crippen LogP contribution in [0.4, 0.5) is 0 Å². The fourth-order valence-electron chi connectivity index (χ4n) is 3.80. The van der Waals surface area contributed by atoms with E-state index in [0.717, 1.165) is 35.2 Å². The predicted molar refractivity (Wildman–Crippen MR) is 111 cm³/mol. The topological polar surface area (TPSA) is 81.2 Å². The molecule has 1 amide bonds. The van der Waals surface area contributed by atoms with Gasteiger partial charge < -0.3 is 14.3 Å². The van der Waals surface area contributed by atoms with Crippen LogP contribution in [0.2, 0.25) is 0 Å². The first-order valence-electron chi connectivity index (χ1n) is 10.5. The third kappa shape index (κ3) is 4.07. The van der Waals surface area contributed by atoms with Gasteiger partial charge in [-0.3, -0.25) is 4.79 Å². The molecule has 0 saturated heterocycles. The van der Waals surface area contributed by atoms with E-state index < -0.39 is 0 Å². The maximum absolute atomic E-state index is 12.8. The minimum absolute atomic E-state index is 0.0794. The quantitative estimate of drug-likeness (QED) is 0.596. The van der Waals surface area contributed by atoms with E-state index in [9.17, 15) is 4.79 Å². The van der Waals surface area contributed by atoms with Gasteiger partial charge in [-0.25, -0.2) is 0 Å². The number of fused-ring (bicyclic) bond motifs is 1. The second-order valence-electron chi connectivity index (χ2n) is 8.85. The SMILES string of the molecule is Cc1cc2occ(CC(=O)NC(c3nc(C4CC4)no3)C(C)C)c2cc1C(C)C. The van der Waals surface area contributed by atoms with Gasteiger partial charge >= 0.3 is 0 Å². The fourth-order valence-corrected chi connectivity index (χ4v) is 3.80. The van der Waals surface area contributed by atoms with Crippen LogP contribution in [0.15, 0.2) is 27.3 Å². The molecule has 1 fully saturated rings. The highest BCUT2D eigenvalue weighted by Gasteiger charge is 2.31. The van der Waals surface area contributed by atoms with E-state index in [2.05, 4.69) is 48.4 Å². The Morgan fingerprint density at radius 3 is 2.66 bits per heavy atom. The largest absolute Gasteiger partial charge is 0.464 e. The molecular weight excluding hydrogens is 366 g/mol. The normalized spacial score (nSPS) is 15.4. The zero-order valence-electron chi connectivity index (χ0n) is 17.8. The molecule has 1 N–H and O–H groups in total. The van der Waals surface area contributed by atoms with E-state index in [1.807, 2.05) is 13.8 Å². The number of furan rings is 1. The lowest BCUT2D eigenvalue weighted by Gasteiger charge is -2.18. The summed E-state index contributed by atoms with van der Waals surface area (Å²) >= 11 is 0. The Morgan fingerprint density at radius 2 is 2.00 bits per heavy atom. The molecule has 154 valence electrons. The van der Waals surface area contributed by atoms with E-state index in [1.54, 1.807) is 6.26 Å². The number of amides is 1. The summed E-state index contributed by atoms with van der Waals surface area (Å²) in [6.07, 6.45) is 4.17. The van der Waals surface area contributed by atoms with Crippen molar-refractivity contribution in [2.24, 2.45) is 5.92 Å². The summed E-state index contributed by atoms with van der Waals surface area (Å²) in [7, 11) is 0. The molecule has 6 nitrogen and oxygen atoms in total. The molecule has 1 atom stereocenters. The number of nitrogens with zero attached hydrogens (tertiary/aromatic N) is 2. The number of aryl methyl sites for hydroxylation is 1. The van der Waals surface area contributed by atoms with Crippen molar-refractivity contribution in [1.29, 1.82) is 0 Å². The van der Waals surface area contributed by atoms with E-state index in [4.69, 9.17) is 8.94 Å². The molecule has 2 heterocycles. The zero-order chi connectivity index (χ0) is 20.7. The molecule has 6 heteroatoms. The van der Waals surface area contributed by atoms with Crippen LogP contribution in [-0.4, -0.2) is 16.0 Å². The summed E-state index contributed by atoms with van der Waals surface area (Å²) in [5, 5.41) is 8.17. The number of hydrogen-bond donors (Lipinski definition) is 1. The second kappa shape index (κ2) is 7.65. The van der Waals surface area contributed by atoms with Gasteiger partial charge in [0, 0.05) is 16.9 Å². The highest BCUT2D eigenvalue weighted by molar-refractivity contribution is 5.88. The Kier molecular flexibility index (Phi) is 5.19. The predicted octanol–water partition coefficient (Wildman–Crippen LogP) is 5.18. The highest BCUT2D eigenvalue weighted by atomic mass is 16.5. The summed E-state index contributed by atoms with van der Waals surface area (Å²) in [5.74, 6) is 2.15. The average molecular weight is 396 g/mol. The Morgan fingerprint density at radius 1 is 1.24 bits per heavy atom. The van der Waals surface area contributed by atoms with Gasteiger partial charge in [-0.2, -0.15) is 4.98 Å². The zero-order valence-corrected chi connectivity index (χ0v) is 17.8. The van der Waals surface area contributed by atoms with Crippen LogP contribution in [0, 0.1) is 12.8 Å². The number of rotatable bonds is 7. The number of carbonyl (C=O) groups is 1. The van der Waals surface area contributed by atoms with E-state index >= 15 is 0 Å². The first kappa shape index (κ1) is 19.7.